The van der Waals surface area contributed by atoms with Crippen molar-refractivity contribution in [3.05, 3.63) is 96.8 Å². The minimum absolute atomic E-state index is 0.272. The van der Waals surface area contributed by atoms with E-state index in [1.165, 1.54) is 0 Å². The number of thiocarbonyl (C=S) groups is 1. The molecule has 0 bridgehead atoms. The SMILES string of the molecule is O=C(NNC(=S)Nc1cccc2ccccc12)c1ccccc1-n1cccc1. The van der Waals surface area contributed by atoms with Crippen LogP contribution in [-0.2, 0) is 0 Å². The number of nitrogens with zero attached hydrogens (tertiary/aromatic N) is 1. The lowest BCUT2D eigenvalue weighted by molar-refractivity contribution is 0.0944. The summed E-state index contributed by atoms with van der Waals surface area (Å²) >= 11 is 5.34. The van der Waals surface area contributed by atoms with Crippen LogP contribution < -0.4 is 16.2 Å². The van der Waals surface area contributed by atoms with E-state index < -0.39 is 0 Å². The molecule has 3 N–H and O–H groups in total. The lowest BCUT2D eigenvalue weighted by Gasteiger charge is -2.15. The van der Waals surface area contributed by atoms with Gasteiger partial charge in [0.05, 0.1) is 11.3 Å². The van der Waals surface area contributed by atoms with Gasteiger partial charge >= 0.3 is 0 Å². The second kappa shape index (κ2) is 7.94. The average Bonchev–Trinajstić information content (AvgIpc) is 3.27. The fourth-order valence-corrected chi connectivity index (χ4v) is 3.22. The van der Waals surface area contributed by atoms with Crippen LogP contribution in [0.2, 0.25) is 0 Å². The van der Waals surface area contributed by atoms with Gasteiger partial charge in [0.2, 0.25) is 0 Å². The summed E-state index contributed by atoms with van der Waals surface area (Å²) in [6.07, 6.45) is 3.79. The molecule has 0 spiro atoms. The summed E-state index contributed by atoms with van der Waals surface area (Å²) in [4.78, 5) is 12.7. The van der Waals surface area contributed by atoms with E-state index in [1.807, 2.05) is 89.8 Å². The Hall–Kier alpha value is -3.64. The third-order valence-corrected chi connectivity index (χ3v) is 4.56. The van der Waals surface area contributed by atoms with Gasteiger partial charge in [-0.3, -0.25) is 15.6 Å². The molecule has 0 atom stereocenters. The third kappa shape index (κ3) is 3.72. The number of fused-ring (bicyclic) bond motifs is 1. The van der Waals surface area contributed by atoms with E-state index in [2.05, 4.69) is 16.2 Å². The van der Waals surface area contributed by atoms with Crippen molar-refractivity contribution in [2.75, 3.05) is 5.32 Å². The lowest BCUT2D eigenvalue weighted by Crippen LogP contribution is -2.44. The van der Waals surface area contributed by atoms with Crippen LogP contribution in [0, 0.1) is 0 Å². The van der Waals surface area contributed by atoms with Gasteiger partial charge in [-0.25, -0.2) is 0 Å². The first-order chi connectivity index (χ1) is 13.7. The Kier molecular flexibility index (Phi) is 5.03. The summed E-state index contributed by atoms with van der Waals surface area (Å²) in [5, 5.41) is 5.61. The Bertz CT molecular complexity index is 1130. The Balaban J connectivity index is 1.45. The number of carbonyl (C=O) groups excluding carboxylic acids is 1. The molecule has 5 nitrogen and oxygen atoms in total. The molecule has 138 valence electrons. The van der Waals surface area contributed by atoms with Crippen LogP contribution in [0.25, 0.3) is 16.5 Å². The van der Waals surface area contributed by atoms with Gasteiger partial charge in [0.15, 0.2) is 5.11 Å². The van der Waals surface area contributed by atoms with Crippen LogP contribution in [0.5, 0.6) is 0 Å². The van der Waals surface area contributed by atoms with Crippen molar-refractivity contribution in [2.24, 2.45) is 0 Å². The molecular formula is C22H18N4OS. The fourth-order valence-electron chi connectivity index (χ4n) is 3.05. The van der Waals surface area contributed by atoms with Crippen LogP contribution in [0.1, 0.15) is 10.4 Å². The number of para-hydroxylation sites is 1. The summed E-state index contributed by atoms with van der Waals surface area (Å²) < 4.78 is 1.89. The maximum atomic E-state index is 12.7. The number of rotatable bonds is 3. The van der Waals surface area contributed by atoms with Crippen LogP contribution in [-0.4, -0.2) is 15.6 Å². The molecule has 0 fully saturated rings. The van der Waals surface area contributed by atoms with Crippen LogP contribution >= 0.6 is 12.2 Å². The molecule has 0 saturated carbocycles. The first-order valence-corrected chi connectivity index (χ1v) is 9.21. The van der Waals surface area contributed by atoms with Crippen molar-refractivity contribution in [1.82, 2.24) is 15.4 Å². The largest absolute Gasteiger partial charge is 0.331 e. The monoisotopic (exact) mass is 386 g/mol. The quantitative estimate of drug-likeness (QED) is 0.364. The normalized spacial score (nSPS) is 10.4. The summed E-state index contributed by atoms with van der Waals surface area (Å²) in [7, 11) is 0. The van der Waals surface area contributed by atoms with E-state index in [0.29, 0.717) is 10.7 Å². The molecule has 0 radical (unpaired) electrons. The minimum Gasteiger partial charge on any atom is -0.331 e. The van der Waals surface area contributed by atoms with E-state index in [1.54, 1.807) is 6.07 Å². The molecule has 0 aliphatic rings. The molecule has 3 aromatic carbocycles. The number of hydrogen-bond donors (Lipinski definition) is 3. The van der Waals surface area contributed by atoms with Crippen LogP contribution in [0.15, 0.2) is 91.3 Å². The van der Waals surface area contributed by atoms with Gasteiger partial charge in [0.1, 0.15) is 0 Å². The molecule has 1 aromatic heterocycles. The fraction of sp³-hybridized carbons (Fsp3) is 0. The second-order valence-electron chi connectivity index (χ2n) is 6.17. The van der Waals surface area contributed by atoms with E-state index >= 15 is 0 Å². The summed E-state index contributed by atoms with van der Waals surface area (Å²) in [5.41, 5.74) is 7.65. The van der Waals surface area contributed by atoms with Crippen LogP contribution in [0.3, 0.4) is 0 Å². The maximum Gasteiger partial charge on any atom is 0.271 e. The first-order valence-electron chi connectivity index (χ1n) is 8.80. The second-order valence-corrected chi connectivity index (χ2v) is 6.58. The van der Waals surface area contributed by atoms with Gasteiger partial charge in [-0.2, -0.15) is 0 Å². The summed E-state index contributed by atoms with van der Waals surface area (Å²) in [6, 6.07) is 25.2. The van der Waals surface area contributed by atoms with Crippen molar-refractivity contribution in [2.45, 2.75) is 0 Å². The number of nitrogens with one attached hydrogen (secondary N) is 3. The number of hydrazine groups is 1. The maximum absolute atomic E-state index is 12.7. The van der Waals surface area contributed by atoms with Crippen molar-refractivity contribution in [1.29, 1.82) is 0 Å². The van der Waals surface area contributed by atoms with E-state index in [-0.39, 0.29) is 5.91 Å². The van der Waals surface area contributed by atoms with Gasteiger partial charge in [-0.05, 0) is 47.9 Å². The smallest absolute Gasteiger partial charge is 0.271 e. The number of amides is 1. The standard InChI is InChI=1S/C22H18N4OS/c27-21(18-11-3-4-13-20(18)26-14-5-6-15-26)24-25-22(28)23-19-12-7-9-16-8-1-2-10-17(16)19/h1-15H,(H,24,27)(H2,23,25,28). The van der Waals surface area contributed by atoms with Gasteiger partial charge in [0, 0.05) is 23.5 Å². The molecule has 1 heterocycles. The van der Waals surface area contributed by atoms with Crippen molar-refractivity contribution >= 4 is 39.7 Å². The Morgan fingerprint density at radius 2 is 1.50 bits per heavy atom. The number of anilines is 1. The van der Waals surface area contributed by atoms with Gasteiger partial charge in [0.25, 0.3) is 5.91 Å². The molecule has 0 aliphatic heterocycles. The first kappa shape index (κ1) is 17.8. The molecule has 0 saturated heterocycles. The van der Waals surface area contributed by atoms with E-state index in [9.17, 15) is 4.79 Å². The number of carbonyl (C=O) groups is 1. The Morgan fingerprint density at radius 1 is 0.786 bits per heavy atom. The highest BCUT2D eigenvalue weighted by molar-refractivity contribution is 7.80. The molecule has 0 aliphatic carbocycles. The molecule has 4 aromatic rings. The molecular weight excluding hydrogens is 368 g/mol. The zero-order chi connectivity index (χ0) is 19.3. The van der Waals surface area contributed by atoms with Crippen molar-refractivity contribution in [3.8, 4) is 5.69 Å². The third-order valence-electron chi connectivity index (χ3n) is 4.36. The number of hydrogen-bond acceptors (Lipinski definition) is 2. The Morgan fingerprint density at radius 3 is 2.36 bits per heavy atom. The zero-order valence-electron chi connectivity index (χ0n) is 14.9. The van der Waals surface area contributed by atoms with Gasteiger partial charge in [-0.15, -0.1) is 0 Å². The van der Waals surface area contributed by atoms with E-state index in [4.69, 9.17) is 12.2 Å². The van der Waals surface area contributed by atoms with Crippen LogP contribution in [0.4, 0.5) is 5.69 Å². The predicted octanol–water partition coefficient (Wildman–Crippen LogP) is 4.26. The molecule has 1 amide bonds. The molecule has 0 unspecified atom stereocenters. The summed E-state index contributed by atoms with van der Waals surface area (Å²) in [6.45, 7) is 0. The van der Waals surface area contributed by atoms with Crippen molar-refractivity contribution < 1.29 is 4.79 Å². The Labute approximate surface area is 168 Å². The highest BCUT2D eigenvalue weighted by Crippen LogP contribution is 2.22. The average molecular weight is 386 g/mol. The summed E-state index contributed by atoms with van der Waals surface area (Å²) in [5.74, 6) is -0.272. The van der Waals surface area contributed by atoms with Crippen molar-refractivity contribution in [3.63, 3.8) is 0 Å². The zero-order valence-corrected chi connectivity index (χ0v) is 15.7. The van der Waals surface area contributed by atoms with Gasteiger partial charge in [-0.1, -0.05) is 48.5 Å². The number of benzene rings is 3. The van der Waals surface area contributed by atoms with Gasteiger partial charge < -0.3 is 9.88 Å². The topological polar surface area (TPSA) is 58.1 Å². The minimum atomic E-state index is -0.272. The molecule has 4 rings (SSSR count). The number of aromatic nitrogens is 1. The lowest BCUT2D eigenvalue weighted by atomic mass is 10.1. The highest BCUT2D eigenvalue weighted by atomic mass is 32.1. The van der Waals surface area contributed by atoms with E-state index in [0.717, 1.165) is 22.1 Å². The predicted molar refractivity (Wildman–Crippen MR) is 117 cm³/mol. The highest BCUT2D eigenvalue weighted by Gasteiger charge is 2.12. The molecule has 6 heteroatoms. The molecule has 28 heavy (non-hydrogen) atoms.